The van der Waals surface area contributed by atoms with E-state index in [4.69, 9.17) is 14.6 Å². The van der Waals surface area contributed by atoms with Crippen LogP contribution in [-0.4, -0.2) is 31.1 Å². The summed E-state index contributed by atoms with van der Waals surface area (Å²) in [5.41, 5.74) is 0.573. The van der Waals surface area contributed by atoms with E-state index in [1.807, 2.05) is 0 Å². The first-order valence-corrected chi connectivity index (χ1v) is 10.0. The largest absolute Gasteiger partial charge is 0.497 e. The predicted molar refractivity (Wildman–Crippen MR) is 91.4 cm³/mol. The number of nitrogens with one attached hydrogen (secondary N) is 1. The van der Waals surface area contributed by atoms with E-state index in [9.17, 15) is 16.8 Å². The van der Waals surface area contributed by atoms with Crippen LogP contribution in [0.2, 0.25) is 0 Å². The molecular weight excluding hydrogens is 368 g/mol. The molecule has 0 heterocycles. The molecule has 0 amide bonds. The van der Waals surface area contributed by atoms with Gasteiger partial charge in [-0.25, -0.2) is 26.7 Å². The topological polar surface area (TPSA) is 125 Å². The normalized spacial score (nSPS) is 12.0. The quantitative estimate of drug-likeness (QED) is 0.726. The second-order valence-corrected chi connectivity index (χ2v) is 8.33. The number of primary sulfonamides is 1. The van der Waals surface area contributed by atoms with Gasteiger partial charge in [-0.15, -0.1) is 0 Å². The number of nitrogens with two attached hydrogens (primary N) is 1. The predicted octanol–water partition coefficient (Wildman–Crippen LogP) is 0.830. The first-order valence-electron chi connectivity index (χ1n) is 7.01. The number of benzene rings is 2. The third kappa shape index (κ3) is 4.69. The fourth-order valence-corrected chi connectivity index (χ4v) is 3.73. The van der Waals surface area contributed by atoms with E-state index in [2.05, 4.69) is 4.72 Å². The number of ether oxygens (including phenoxy) is 2. The molecule has 0 aromatic heterocycles. The summed E-state index contributed by atoms with van der Waals surface area (Å²) in [7, 11) is -4.80. The summed E-state index contributed by atoms with van der Waals surface area (Å²) in [4.78, 5) is -0.0760. The summed E-state index contributed by atoms with van der Waals surface area (Å²) in [6.45, 7) is -0.0254. The summed E-state index contributed by atoms with van der Waals surface area (Å²) in [6.07, 6.45) is 0. The van der Waals surface area contributed by atoms with Crippen LogP contribution in [0.1, 0.15) is 5.56 Å². The van der Waals surface area contributed by atoms with Gasteiger partial charge in [-0.2, -0.15) is 0 Å². The molecule has 10 heteroatoms. The molecule has 136 valence electrons. The molecule has 0 saturated carbocycles. The smallest absolute Gasteiger partial charge is 0.244 e. The Hall–Kier alpha value is -2.14. The minimum absolute atomic E-state index is 0.0254. The molecule has 0 saturated heterocycles. The fraction of sp³-hybridized carbons (Fsp3) is 0.200. The van der Waals surface area contributed by atoms with Crippen LogP contribution in [0.5, 0.6) is 11.5 Å². The maximum atomic E-state index is 12.5. The summed E-state index contributed by atoms with van der Waals surface area (Å²) >= 11 is 0. The van der Waals surface area contributed by atoms with Crippen molar-refractivity contribution in [3.05, 3.63) is 48.0 Å². The van der Waals surface area contributed by atoms with Crippen molar-refractivity contribution < 1.29 is 26.3 Å². The van der Waals surface area contributed by atoms with E-state index in [-0.39, 0.29) is 22.1 Å². The van der Waals surface area contributed by atoms with Crippen LogP contribution in [-0.2, 0) is 26.6 Å². The zero-order chi connectivity index (χ0) is 18.7. The average molecular weight is 386 g/mol. The standard InChI is InChI=1S/C15H18N2O6S2/c1-22-12-5-8-15(14(9-12)23-2)25(20,21)17-10-11-3-6-13(7-4-11)24(16,18)19/h3-9,17H,10H2,1-2H3,(H2,16,18,19). The molecule has 0 atom stereocenters. The van der Waals surface area contributed by atoms with Crippen LogP contribution in [0.3, 0.4) is 0 Å². The van der Waals surface area contributed by atoms with Crippen LogP contribution in [0.15, 0.2) is 52.3 Å². The average Bonchev–Trinajstić information content (AvgIpc) is 2.59. The van der Waals surface area contributed by atoms with Gasteiger partial charge in [0.25, 0.3) is 0 Å². The Morgan fingerprint density at radius 3 is 2.12 bits per heavy atom. The molecule has 25 heavy (non-hydrogen) atoms. The van der Waals surface area contributed by atoms with Gasteiger partial charge in [-0.3, -0.25) is 0 Å². The van der Waals surface area contributed by atoms with Gasteiger partial charge >= 0.3 is 0 Å². The molecular formula is C15H18N2O6S2. The van der Waals surface area contributed by atoms with Crippen molar-refractivity contribution in [2.45, 2.75) is 16.3 Å². The maximum Gasteiger partial charge on any atom is 0.244 e. The Morgan fingerprint density at radius 2 is 1.60 bits per heavy atom. The van der Waals surface area contributed by atoms with Crippen molar-refractivity contribution in [3.8, 4) is 11.5 Å². The lowest BCUT2D eigenvalue weighted by Gasteiger charge is -2.12. The molecule has 2 rings (SSSR count). The van der Waals surface area contributed by atoms with Crippen LogP contribution < -0.4 is 19.3 Å². The molecule has 0 aliphatic rings. The SMILES string of the molecule is COc1ccc(S(=O)(=O)NCc2ccc(S(N)(=O)=O)cc2)c(OC)c1. The van der Waals surface area contributed by atoms with E-state index >= 15 is 0 Å². The van der Waals surface area contributed by atoms with Crippen LogP contribution >= 0.6 is 0 Å². The van der Waals surface area contributed by atoms with Gasteiger partial charge in [0.15, 0.2) is 0 Å². The van der Waals surface area contributed by atoms with E-state index < -0.39 is 20.0 Å². The first kappa shape index (κ1) is 19.2. The molecule has 8 nitrogen and oxygen atoms in total. The highest BCUT2D eigenvalue weighted by molar-refractivity contribution is 7.89. The molecule has 2 aromatic carbocycles. The van der Waals surface area contributed by atoms with E-state index in [0.717, 1.165) is 0 Å². The third-order valence-corrected chi connectivity index (χ3v) is 5.75. The Kier molecular flexibility index (Phi) is 5.68. The summed E-state index contributed by atoms with van der Waals surface area (Å²) in [5, 5.41) is 5.02. The summed E-state index contributed by atoms with van der Waals surface area (Å²) in [5.74, 6) is 0.616. The van der Waals surface area contributed by atoms with Gasteiger partial charge in [0.05, 0.1) is 19.1 Å². The Bertz CT molecular complexity index is 954. The lowest BCUT2D eigenvalue weighted by Crippen LogP contribution is -2.23. The second-order valence-electron chi connectivity index (χ2n) is 5.03. The van der Waals surface area contributed by atoms with E-state index in [1.165, 1.54) is 56.7 Å². The molecule has 0 unspecified atom stereocenters. The monoisotopic (exact) mass is 386 g/mol. The lowest BCUT2D eigenvalue weighted by atomic mass is 10.2. The lowest BCUT2D eigenvalue weighted by molar-refractivity contribution is 0.386. The van der Waals surface area contributed by atoms with Crippen LogP contribution in [0.25, 0.3) is 0 Å². The Labute approximate surface area is 146 Å². The molecule has 2 aromatic rings. The zero-order valence-corrected chi connectivity index (χ0v) is 15.2. The van der Waals surface area contributed by atoms with Gasteiger partial charge in [0.1, 0.15) is 16.4 Å². The molecule has 0 aliphatic carbocycles. The Balaban J connectivity index is 2.19. The Morgan fingerprint density at radius 1 is 0.960 bits per heavy atom. The number of hydrogen-bond donors (Lipinski definition) is 2. The highest BCUT2D eigenvalue weighted by atomic mass is 32.2. The minimum Gasteiger partial charge on any atom is -0.497 e. The number of methoxy groups -OCH3 is 2. The van der Waals surface area contributed by atoms with Gasteiger partial charge in [-0.05, 0) is 29.8 Å². The molecule has 3 N–H and O–H groups in total. The molecule has 0 bridgehead atoms. The van der Waals surface area contributed by atoms with E-state index in [1.54, 1.807) is 0 Å². The summed E-state index contributed by atoms with van der Waals surface area (Å²) < 4.78 is 59.9. The number of rotatable bonds is 7. The molecule has 0 spiro atoms. The summed E-state index contributed by atoms with van der Waals surface area (Å²) in [6, 6.07) is 9.94. The van der Waals surface area contributed by atoms with Gasteiger partial charge < -0.3 is 9.47 Å². The molecule has 0 radical (unpaired) electrons. The maximum absolute atomic E-state index is 12.5. The molecule has 0 aliphatic heterocycles. The number of sulfonamides is 2. The fourth-order valence-electron chi connectivity index (χ4n) is 2.05. The van der Waals surface area contributed by atoms with Crippen molar-refractivity contribution in [3.63, 3.8) is 0 Å². The highest BCUT2D eigenvalue weighted by Gasteiger charge is 2.20. The highest BCUT2D eigenvalue weighted by Crippen LogP contribution is 2.28. The van der Waals surface area contributed by atoms with Crippen molar-refractivity contribution in [2.24, 2.45) is 5.14 Å². The van der Waals surface area contributed by atoms with Crippen molar-refractivity contribution in [2.75, 3.05) is 14.2 Å². The minimum atomic E-state index is -3.84. The van der Waals surface area contributed by atoms with Crippen molar-refractivity contribution in [1.29, 1.82) is 0 Å². The van der Waals surface area contributed by atoms with Crippen molar-refractivity contribution in [1.82, 2.24) is 4.72 Å². The van der Waals surface area contributed by atoms with Gasteiger partial charge in [0, 0.05) is 12.6 Å². The van der Waals surface area contributed by atoms with E-state index in [0.29, 0.717) is 11.3 Å². The third-order valence-electron chi connectivity index (χ3n) is 3.38. The van der Waals surface area contributed by atoms with Crippen molar-refractivity contribution >= 4 is 20.0 Å². The zero-order valence-electron chi connectivity index (χ0n) is 13.6. The van der Waals surface area contributed by atoms with Crippen LogP contribution in [0, 0.1) is 0 Å². The second kappa shape index (κ2) is 7.40. The first-order chi connectivity index (χ1) is 11.7. The van der Waals surface area contributed by atoms with Gasteiger partial charge in [-0.1, -0.05) is 12.1 Å². The molecule has 0 fully saturated rings. The van der Waals surface area contributed by atoms with Crippen LogP contribution in [0.4, 0.5) is 0 Å². The number of hydrogen-bond acceptors (Lipinski definition) is 6. The van der Waals surface area contributed by atoms with Gasteiger partial charge in [0.2, 0.25) is 20.0 Å².